The largest absolute Gasteiger partial charge is 0.245 e. The fourth-order valence-corrected chi connectivity index (χ4v) is 4.64. The minimum absolute atomic E-state index is 0.423. The van der Waals surface area contributed by atoms with Crippen LogP contribution in [-0.4, -0.2) is 29.3 Å². The highest BCUT2D eigenvalue weighted by Crippen LogP contribution is 2.33. The molecule has 1 rings (SSSR count). The Hall–Kier alpha value is -0.810. The van der Waals surface area contributed by atoms with Crippen LogP contribution in [0.15, 0.2) is 10.5 Å². The molecule has 1 aromatic carbocycles. The van der Waals surface area contributed by atoms with Gasteiger partial charge in [-0.2, -0.15) is 3.71 Å². The Labute approximate surface area is 116 Å². The van der Waals surface area contributed by atoms with Gasteiger partial charge in [0.2, 0.25) is 20.0 Å². The van der Waals surface area contributed by atoms with Gasteiger partial charge in [0.15, 0.2) is 17.5 Å². The lowest BCUT2D eigenvalue weighted by atomic mass is 10.3. The van der Waals surface area contributed by atoms with Crippen molar-refractivity contribution in [1.82, 2.24) is 0 Å². The van der Waals surface area contributed by atoms with Gasteiger partial charge in [-0.15, -0.1) is 0 Å². The Morgan fingerprint density at radius 2 is 1.42 bits per heavy atom. The van der Waals surface area contributed by atoms with Gasteiger partial charge in [-0.1, -0.05) is 0 Å². The third-order valence-corrected chi connectivity index (χ3v) is 5.65. The quantitative estimate of drug-likeness (QED) is 0.588. The van der Waals surface area contributed by atoms with Gasteiger partial charge in [-0.25, -0.2) is 30.0 Å². The van der Waals surface area contributed by atoms with Gasteiger partial charge in [0.25, 0.3) is 0 Å². The van der Waals surface area contributed by atoms with E-state index in [1.54, 1.807) is 0 Å². The molecule has 11 heteroatoms. The highest BCUT2D eigenvalue weighted by Gasteiger charge is 2.34. The van der Waals surface area contributed by atoms with Crippen molar-refractivity contribution in [1.29, 1.82) is 0 Å². The van der Waals surface area contributed by atoms with Crippen LogP contribution < -0.4 is 3.71 Å². The first-order valence-electron chi connectivity index (χ1n) is 4.41. The fourth-order valence-electron chi connectivity index (χ4n) is 1.30. The van der Waals surface area contributed by atoms with E-state index in [1.165, 1.54) is 0 Å². The van der Waals surface area contributed by atoms with E-state index in [9.17, 15) is 30.0 Å². The second-order valence-electron chi connectivity index (χ2n) is 3.54. The van der Waals surface area contributed by atoms with Crippen LogP contribution >= 0.6 is 15.9 Å². The summed E-state index contributed by atoms with van der Waals surface area (Å²) in [4.78, 5) is 0. The van der Waals surface area contributed by atoms with Crippen LogP contribution in [0.4, 0.5) is 18.9 Å². The Morgan fingerprint density at radius 3 is 1.79 bits per heavy atom. The first-order valence-corrected chi connectivity index (χ1v) is 8.89. The van der Waals surface area contributed by atoms with E-state index in [-0.39, 0.29) is 0 Å². The summed E-state index contributed by atoms with van der Waals surface area (Å²) in [6, 6.07) is 0.428. The van der Waals surface area contributed by atoms with Gasteiger partial charge in [-0.05, 0) is 22.0 Å². The third-order valence-electron chi connectivity index (χ3n) is 1.87. The first kappa shape index (κ1) is 16.2. The Kier molecular flexibility index (Phi) is 4.23. The number of anilines is 1. The molecule has 108 valence electrons. The summed E-state index contributed by atoms with van der Waals surface area (Å²) in [5.41, 5.74) is -1.51. The number of hydrogen-bond acceptors (Lipinski definition) is 4. The summed E-state index contributed by atoms with van der Waals surface area (Å²) in [6.45, 7) is 0. The van der Waals surface area contributed by atoms with Gasteiger partial charge >= 0.3 is 0 Å². The van der Waals surface area contributed by atoms with Gasteiger partial charge in [0.05, 0.1) is 17.0 Å². The molecular formula is C8H7BrF3NO4S2. The van der Waals surface area contributed by atoms with Gasteiger partial charge in [-0.3, -0.25) is 0 Å². The van der Waals surface area contributed by atoms with E-state index >= 15 is 0 Å². The second-order valence-corrected chi connectivity index (χ2v) is 8.29. The molecular weight excluding hydrogens is 375 g/mol. The summed E-state index contributed by atoms with van der Waals surface area (Å²) in [6.07, 6.45) is 0.847. The van der Waals surface area contributed by atoms with Crippen molar-refractivity contribution < 1.29 is 30.0 Å². The van der Waals surface area contributed by atoms with E-state index in [0.717, 1.165) is 0 Å². The molecule has 0 saturated heterocycles. The molecule has 0 radical (unpaired) electrons. The number of hydrogen-bond donors (Lipinski definition) is 0. The lowest BCUT2D eigenvalue weighted by molar-refractivity contribution is 0.492. The molecule has 5 nitrogen and oxygen atoms in total. The molecule has 0 heterocycles. The van der Waals surface area contributed by atoms with Gasteiger partial charge < -0.3 is 0 Å². The predicted molar refractivity (Wildman–Crippen MR) is 66.2 cm³/mol. The first-order chi connectivity index (χ1) is 8.37. The maximum Gasteiger partial charge on any atom is 0.245 e. The monoisotopic (exact) mass is 381 g/mol. The van der Waals surface area contributed by atoms with E-state index in [1.807, 2.05) is 0 Å². The maximum absolute atomic E-state index is 13.6. The average Bonchev–Trinajstić information content (AvgIpc) is 2.17. The summed E-state index contributed by atoms with van der Waals surface area (Å²) in [5, 5.41) is 0. The topological polar surface area (TPSA) is 71.5 Å². The van der Waals surface area contributed by atoms with E-state index < -0.39 is 51.4 Å². The van der Waals surface area contributed by atoms with E-state index in [4.69, 9.17) is 0 Å². The van der Waals surface area contributed by atoms with Crippen LogP contribution in [0.3, 0.4) is 0 Å². The van der Waals surface area contributed by atoms with Crippen LogP contribution in [0.25, 0.3) is 0 Å². The summed E-state index contributed by atoms with van der Waals surface area (Å²) in [7, 11) is -9.13. The summed E-state index contributed by atoms with van der Waals surface area (Å²) in [5.74, 6) is -5.07. The lowest BCUT2D eigenvalue weighted by Gasteiger charge is -2.21. The molecule has 1 aromatic rings. The van der Waals surface area contributed by atoms with Gasteiger partial charge in [0, 0.05) is 0 Å². The van der Waals surface area contributed by atoms with Crippen LogP contribution in [0.1, 0.15) is 0 Å². The molecule has 0 N–H and O–H groups in total. The van der Waals surface area contributed by atoms with Crippen LogP contribution in [-0.2, 0) is 20.0 Å². The molecule has 0 unspecified atom stereocenters. The molecule has 0 saturated carbocycles. The molecule has 0 aliphatic heterocycles. The molecule has 0 aromatic heterocycles. The van der Waals surface area contributed by atoms with Crippen LogP contribution in [0, 0.1) is 17.5 Å². The van der Waals surface area contributed by atoms with Crippen LogP contribution in [0.2, 0.25) is 0 Å². The number of sulfonamides is 2. The number of nitrogens with zero attached hydrogens (tertiary/aromatic N) is 1. The molecule has 0 bridgehead atoms. The van der Waals surface area contributed by atoms with Crippen molar-refractivity contribution in [2.24, 2.45) is 0 Å². The number of benzene rings is 1. The highest BCUT2D eigenvalue weighted by molar-refractivity contribution is 9.10. The standard InChI is InChI=1S/C8H7BrF3NO4S2/c1-18(14,15)13(19(2,16)17)8-5(10)3-4(9)6(11)7(8)12/h3H,1-2H3. The molecule has 0 fully saturated rings. The zero-order valence-electron chi connectivity index (χ0n) is 9.49. The van der Waals surface area contributed by atoms with Crippen molar-refractivity contribution in [2.75, 3.05) is 16.2 Å². The summed E-state index contributed by atoms with van der Waals surface area (Å²) < 4.78 is 84.8. The second kappa shape index (κ2) is 4.94. The van der Waals surface area contributed by atoms with Crippen LogP contribution in [0.5, 0.6) is 0 Å². The van der Waals surface area contributed by atoms with Crippen molar-refractivity contribution >= 4 is 41.7 Å². The minimum atomic E-state index is -4.57. The average molecular weight is 382 g/mol. The van der Waals surface area contributed by atoms with Gasteiger partial charge in [0.1, 0.15) is 5.69 Å². The fraction of sp³-hybridized carbons (Fsp3) is 0.250. The lowest BCUT2D eigenvalue weighted by Crippen LogP contribution is -2.36. The molecule has 0 aliphatic carbocycles. The number of halogens is 4. The normalized spacial score (nSPS) is 12.5. The molecule has 0 amide bonds. The zero-order chi connectivity index (χ0) is 15.2. The van der Waals surface area contributed by atoms with Crippen molar-refractivity contribution in [3.63, 3.8) is 0 Å². The van der Waals surface area contributed by atoms with Crippen molar-refractivity contribution in [3.05, 3.63) is 28.0 Å². The minimum Gasteiger partial charge on any atom is -0.206 e. The smallest absolute Gasteiger partial charge is 0.206 e. The summed E-state index contributed by atoms with van der Waals surface area (Å²) >= 11 is 2.51. The van der Waals surface area contributed by atoms with E-state index in [2.05, 4.69) is 15.9 Å². The predicted octanol–water partition coefficient (Wildman–Crippen LogP) is 1.59. The Bertz CT molecular complexity index is 701. The van der Waals surface area contributed by atoms with E-state index in [0.29, 0.717) is 18.6 Å². The molecule has 19 heavy (non-hydrogen) atoms. The maximum atomic E-state index is 13.6. The highest BCUT2D eigenvalue weighted by atomic mass is 79.9. The number of rotatable bonds is 3. The Balaban J connectivity index is 3.83. The zero-order valence-corrected chi connectivity index (χ0v) is 12.7. The SMILES string of the molecule is CS(=O)(=O)N(c1c(F)cc(Br)c(F)c1F)S(C)(=O)=O. The Morgan fingerprint density at radius 1 is 1.00 bits per heavy atom. The third kappa shape index (κ3) is 3.20. The van der Waals surface area contributed by atoms with Crippen molar-refractivity contribution in [3.8, 4) is 0 Å². The van der Waals surface area contributed by atoms with Crippen molar-refractivity contribution in [2.45, 2.75) is 0 Å². The molecule has 0 aliphatic rings. The molecule has 0 spiro atoms. The molecule has 0 atom stereocenters.